The number of carbonyl (C=O) groups is 1. The first-order chi connectivity index (χ1) is 11.4. The summed E-state index contributed by atoms with van der Waals surface area (Å²) < 4.78 is 34.6. The topological polar surface area (TPSA) is 104 Å². The number of sulfone groups is 1. The van der Waals surface area contributed by atoms with Crippen molar-refractivity contribution < 1.29 is 22.4 Å². The number of furan rings is 1. The number of nitrogens with zero attached hydrogens (tertiary/aromatic N) is 3. The molecule has 0 radical (unpaired) electrons. The number of aromatic nitrogens is 3. The number of rotatable bonds is 4. The molecule has 3 rings (SSSR count). The Morgan fingerprint density at radius 2 is 2.33 bits per heavy atom. The quantitative estimate of drug-likeness (QED) is 0.805. The van der Waals surface area contributed by atoms with Gasteiger partial charge in [-0.25, -0.2) is 18.2 Å². The maximum atomic E-state index is 12.1. The molecule has 0 saturated carbocycles. The van der Waals surface area contributed by atoms with Crippen LogP contribution in [0.25, 0.3) is 11.4 Å². The van der Waals surface area contributed by atoms with E-state index in [1.54, 1.807) is 19.9 Å². The van der Waals surface area contributed by atoms with Crippen molar-refractivity contribution >= 4 is 27.7 Å². The van der Waals surface area contributed by atoms with Gasteiger partial charge in [-0.05, 0) is 26.3 Å². The van der Waals surface area contributed by atoms with Crippen LogP contribution in [0.5, 0.6) is 0 Å². The summed E-state index contributed by atoms with van der Waals surface area (Å²) in [6, 6.07) is 1.72. The number of thioether (sulfide) groups is 1. The summed E-state index contributed by atoms with van der Waals surface area (Å²) in [5.74, 6) is 1.22. The maximum absolute atomic E-state index is 12.1. The van der Waals surface area contributed by atoms with Crippen molar-refractivity contribution in [3.63, 3.8) is 0 Å². The first-order valence-corrected chi connectivity index (χ1v) is 10.2. The SMILES string of the molecule is CCOC(=O)n1nc(-c2ccoc2C)nc1S[C@H]1CCS(=O)(=O)C1. The molecule has 24 heavy (non-hydrogen) atoms. The van der Waals surface area contributed by atoms with Gasteiger partial charge in [-0.1, -0.05) is 11.8 Å². The second kappa shape index (κ2) is 6.60. The van der Waals surface area contributed by atoms with Crippen molar-refractivity contribution in [1.29, 1.82) is 0 Å². The number of aryl methyl sites for hydroxylation is 1. The van der Waals surface area contributed by atoms with Crippen LogP contribution in [0.3, 0.4) is 0 Å². The monoisotopic (exact) mass is 371 g/mol. The third-order valence-corrected chi connectivity index (χ3v) is 6.77. The van der Waals surface area contributed by atoms with E-state index in [1.807, 2.05) is 0 Å². The molecule has 3 heterocycles. The first-order valence-electron chi connectivity index (χ1n) is 7.45. The fourth-order valence-electron chi connectivity index (χ4n) is 2.41. The highest BCUT2D eigenvalue weighted by molar-refractivity contribution is 8.01. The summed E-state index contributed by atoms with van der Waals surface area (Å²) in [5, 5.41) is 4.39. The molecule has 2 aromatic heterocycles. The van der Waals surface area contributed by atoms with Gasteiger partial charge in [-0.2, -0.15) is 0 Å². The lowest BCUT2D eigenvalue weighted by Gasteiger charge is -2.07. The Hall–Kier alpha value is -1.81. The smallest absolute Gasteiger partial charge is 0.437 e. The largest absolute Gasteiger partial charge is 0.469 e. The average molecular weight is 371 g/mol. The summed E-state index contributed by atoms with van der Waals surface area (Å²) in [5.41, 5.74) is 0.680. The van der Waals surface area contributed by atoms with Gasteiger partial charge in [0, 0.05) is 5.25 Å². The molecule has 2 aromatic rings. The second-order valence-electron chi connectivity index (χ2n) is 5.36. The van der Waals surface area contributed by atoms with E-state index in [-0.39, 0.29) is 23.4 Å². The van der Waals surface area contributed by atoms with Crippen molar-refractivity contribution in [2.45, 2.75) is 30.7 Å². The first kappa shape index (κ1) is 17.0. The van der Waals surface area contributed by atoms with Crippen LogP contribution >= 0.6 is 11.8 Å². The van der Waals surface area contributed by atoms with Crippen molar-refractivity contribution in [1.82, 2.24) is 14.8 Å². The van der Waals surface area contributed by atoms with Crippen molar-refractivity contribution in [3.05, 3.63) is 18.1 Å². The Morgan fingerprint density at radius 1 is 1.54 bits per heavy atom. The van der Waals surface area contributed by atoms with Gasteiger partial charge < -0.3 is 9.15 Å². The van der Waals surface area contributed by atoms with Crippen LogP contribution in [0.4, 0.5) is 4.79 Å². The number of hydrogen-bond acceptors (Lipinski definition) is 8. The minimum atomic E-state index is -3.01. The van der Waals surface area contributed by atoms with Crippen molar-refractivity contribution in [2.75, 3.05) is 18.1 Å². The fourth-order valence-corrected chi connectivity index (χ4v) is 5.89. The molecule has 1 fully saturated rings. The van der Waals surface area contributed by atoms with E-state index in [0.29, 0.717) is 28.7 Å². The summed E-state index contributed by atoms with van der Waals surface area (Å²) >= 11 is 1.24. The third kappa shape index (κ3) is 3.48. The Balaban J connectivity index is 1.92. The Kier molecular flexibility index (Phi) is 4.68. The summed E-state index contributed by atoms with van der Waals surface area (Å²) in [6.07, 6.45) is 1.41. The minimum absolute atomic E-state index is 0.0768. The molecule has 0 unspecified atom stereocenters. The molecule has 1 aliphatic heterocycles. The second-order valence-corrected chi connectivity index (χ2v) is 8.86. The van der Waals surface area contributed by atoms with Crippen LogP contribution in [0, 0.1) is 6.92 Å². The predicted octanol–water partition coefficient (Wildman–Crippen LogP) is 2.13. The molecule has 0 N–H and O–H groups in total. The van der Waals surface area contributed by atoms with Gasteiger partial charge in [-0.3, -0.25) is 0 Å². The summed E-state index contributed by atoms with van der Waals surface area (Å²) in [7, 11) is -3.01. The fraction of sp³-hybridized carbons (Fsp3) is 0.500. The maximum Gasteiger partial charge on any atom is 0.437 e. The van der Waals surface area contributed by atoms with Crippen molar-refractivity contribution in [2.24, 2.45) is 0 Å². The molecule has 0 bridgehead atoms. The van der Waals surface area contributed by atoms with E-state index in [4.69, 9.17) is 9.15 Å². The molecule has 1 atom stereocenters. The zero-order valence-electron chi connectivity index (χ0n) is 13.3. The van der Waals surface area contributed by atoms with E-state index in [2.05, 4.69) is 10.1 Å². The molecule has 10 heteroatoms. The van der Waals surface area contributed by atoms with Crippen LogP contribution in [-0.2, 0) is 14.6 Å². The van der Waals surface area contributed by atoms with Gasteiger partial charge in [0.25, 0.3) is 0 Å². The molecule has 130 valence electrons. The van der Waals surface area contributed by atoms with Gasteiger partial charge in [0.05, 0.1) is 29.9 Å². The Morgan fingerprint density at radius 3 is 2.92 bits per heavy atom. The van der Waals surface area contributed by atoms with E-state index in [1.165, 1.54) is 18.0 Å². The highest BCUT2D eigenvalue weighted by atomic mass is 32.2. The summed E-state index contributed by atoms with van der Waals surface area (Å²) in [6.45, 7) is 3.68. The highest BCUT2D eigenvalue weighted by Gasteiger charge is 2.31. The van der Waals surface area contributed by atoms with Crippen LogP contribution in [0.2, 0.25) is 0 Å². The molecular formula is C14H17N3O5S2. The minimum Gasteiger partial charge on any atom is -0.469 e. The number of hydrogen-bond donors (Lipinski definition) is 0. The molecule has 0 aliphatic carbocycles. The third-order valence-electron chi connectivity index (χ3n) is 3.58. The number of carbonyl (C=O) groups excluding carboxylic acids is 1. The Labute approximate surface area is 143 Å². The van der Waals surface area contributed by atoms with Gasteiger partial charge in [-0.15, -0.1) is 9.78 Å². The van der Waals surface area contributed by atoms with Crippen LogP contribution in [-0.4, -0.2) is 52.6 Å². The molecule has 0 spiro atoms. The lowest BCUT2D eigenvalue weighted by atomic mass is 10.2. The lowest BCUT2D eigenvalue weighted by molar-refractivity contribution is 0.147. The van der Waals surface area contributed by atoms with Gasteiger partial charge >= 0.3 is 6.09 Å². The summed E-state index contributed by atoms with van der Waals surface area (Å²) in [4.78, 5) is 16.5. The van der Waals surface area contributed by atoms with E-state index in [9.17, 15) is 13.2 Å². The molecule has 0 amide bonds. The van der Waals surface area contributed by atoms with Crippen molar-refractivity contribution in [3.8, 4) is 11.4 Å². The zero-order chi connectivity index (χ0) is 17.3. The van der Waals surface area contributed by atoms with Gasteiger partial charge in [0.15, 0.2) is 20.8 Å². The van der Waals surface area contributed by atoms with Gasteiger partial charge in [0.2, 0.25) is 0 Å². The molecule has 0 aromatic carbocycles. The van der Waals surface area contributed by atoms with Crippen LogP contribution in [0.1, 0.15) is 19.1 Å². The standard InChI is InChI=1S/C14H17N3O5S2/c1-3-21-14(18)17-13(23-10-5-7-24(19,20)8-10)15-12(16-17)11-4-6-22-9(11)2/h4,6,10H,3,5,7-8H2,1-2H3/t10-/m0/s1. The number of ether oxygens (including phenoxy) is 1. The Bertz CT molecular complexity index is 856. The van der Waals surface area contributed by atoms with E-state index >= 15 is 0 Å². The predicted molar refractivity (Wildman–Crippen MR) is 87.8 cm³/mol. The zero-order valence-corrected chi connectivity index (χ0v) is 14.9. The highest BCUT2D eigenvalue weighted by Crippen LogP contribution is 2.32. The molecular weight excluding hydrogens is 354 g/mol. The van der Waals surface area contributed by atoms with Crippen LogP contribution < -0.4 is 0 Å². The lowest BCUT2D eigenvalue weighted by Crippen LogP contribution is -2.17. The molecule has 1 aliphatic rings. The molecule has 1 saturated heterocycles. The average Bonchev–Trinajstić information content (AvgIpc) is 3.19. The molecule has 8 nitrogen and oxygen atoms in total. The normalized spacial score (nSPS) is 19.5. The van der Waals surface area contributed by atoms with E-state index in [0.717, 1.165) is 4.68 Å². The van der Waals surface area contributed by atoms with E-state index < -0.39 is 15.9 Å². The van der Waals surface area contributed by atoms with Crippen LogP contribution in [0.15, 0.2) is 21.9 Å². The van der Waals surface area contributed by atoms with Gasteiger partial charge in [0.1, 0.15) is 5.76 Å².